The Kier molecular flexibility index (Phi) is 6.57. The molecule has 148 valence electrons. The molecule has 1 aromatic carbocycles. The van der Waals surface area contributed by atoms with Crippen LogP contribution >= 0.6 is 23.1 Å². The molecule has 3 rings (SSSR count). The van der Waals surface area contributed by atoms with E-state index in [1.165, 1.54) is 29.1 Å². The van der Waals surface area contributed by atoms with Gasteiger partial charge >= 0.3 is 0 Å². The summed E-state index contributed by atoms with van der Waals surface area (Å²) in [5, 5.41) is 4.23. The molecule has 0 aliphatic rings. The summed E-state index contributed by atoms with van der Waals surface area (Å²) >= 11 is 3.11. The van der Waals surface area contributed by atoms with E-state index in [4.69, 9.17) is 4.98 Å². The number of benzene rings is 1. The molecule has 0 bridgehead atoms. The molecule has 5 nitrogen and oxygen atoms in total. The molecular formula is C21H25N3O2S2. The van der Waals surface area contributed by atoms with Crippen LogP contribution < -0.4 is 10.9 Å². The average Bonchev–Trinajstić information content (AvgIpc) is 2.98. The molecule has 1 N–H and O–H groups in total. The van der Waals surface area contributed by atoms with Crippen LogP contribution in [0.3, 0.4) is 0 Å². The van der Waals surface area contributed by atoms with Crippen molar-refractivity contribution in [2.24, 2.45) is 0 Å². The molecule has 2 heterocycles. The van der Waals surface area contributed by atoms with Crippen LogP contribution in [0.1, 0.15) is 35.4 Å². The largest absolute Gasteiger partial charge is 0.356 e. The van der Waals surface area contributed by atoms with Gasteiger partial charge < -0.3 is 5.32 Å². The Morgan fingerprint density at radius 3 is 2.61 bits per heavy atom. The normalized spacial score (nSPS) is 11.1. The molecule has 0 atom stereocenters. The Morgan fingerprint density at radius 2 is 1.96 bits per heavy atom. The maximum Gasteiger partial charge on any atom is 0.263 e. The van der Waals surface area contributed by atoms with Crippen molar-refractivity contribution >= 4 is 39.2 Å². The van der Waals surface area contributed by atoms with Gasteiger partial charge in [-0.3, -0.25) is 14.2 Å². The topological polar surface area (TPSA) is 64.0 Å². The molecule has 0 aliphatic carbocycles. The number of hydrogen-bond donors (Lipinski definition) is 1. The van der Waals surface area contributed by atoms with Crippen LogP contribution in [0.4, 0.5) is 0 Å². The van der Waals surface area contributed by atoms with Crippen molar-refractivity contribution in [3.05, 3.63) is 56.2 Å². The van der Waals surface area contributed by atoms with Crippen molar-refractivity contribution in [2.75, 3.05) is 12.3 Å². The fraction of sp³-hybridized carbons (Fsp3) is 0.381. The number of hydrogen-bond acceptors (Lipinski definition) is 5. The zero-order valence-electron chi connectivity index (χ0n) is 16.7. The molecule has 28 heavy (non-hydrogen) atoms. The van der Waals surface area contributed by atoms with E-state index in [0.29, 0.717) is 24.0 Å². The third-order valence-electron chi connectivity index (χ3n) is 4.60. The lowest BCUT2D eigenvalue weighted by molar-refractivity contribution is -0.118. The van der Waals surface area contributed by atoms with E-state index in [0.717, 1.165) is 27.8 Å². The molecule has 2 aromatic heterocycles. The molecule has 0 unspecified atom stereocenters. The Balaban J connectivity index is 2.02. The minimum Gasteiger partial charge on any atom is -0.356 e. The summed E-state index contributed by atoms with van der Waals surface area (Å²) in [4.78, 5) is 31.3. The first kappa shape index (κ1) is 20.6. The number of nitrogens with one attached hydrogen (secondary N) is 1. The summed E-state index contributed by atoms with van der Waals surface area (Å²) in [5.41, 5.74) is 3.32. The number of amides is 1. The second-order valence-electron chi connectivity index (χ2n) is 6.79. The molecule has 0 fully saturated rings. The van der Waals surface area contributed by atoms with Gasteiger partial charge in [-0.25, -0.2) is 4.98 Å². The highest BCUT2D eigenvalue weighted by molar-refractivity contribution is 7.99. The van der Waals surface area contributed by atoms with Crippen molar-refractivity contribution in [2.45, 2.75) is 45.8 Å². The quantitative estimate of drug-likeness (QED) is 0.361. The number of carbonyl (C=O) groups excluding carboxylic acids is 1. The first-order chi connectivity index (χ1) is 13.4. The van der Waals surface area contributed by atoms with Crippen LogP contribution in [0.5, 0.6) is 0 Å². The first-order valence-electron chi connectivity index (χ1n) is 9.36. The predicted octanol–water partition coefficient (Wildman–Crippen LogP) is 3.91. The van der Waals surface area contributed by atoms with E-state index >= 15 is 0 Å². The number of nitrogens with zero attached hydrogens (tertiary/aromatic N) is 2. The van der Waals surface area contributed by atoms with Crippen molar-refractivity contribution in [3.8, 4) is 0 Å². The van der Waals surface area contributed by atoms with Crippen molar-refractivity contribution in [1.82, 2.24) is 14.9 Å². The lowest BCUT2D eigenvalue weighted by Gasteiger charge is -2.13. The van der Waals surface area contributed by atoms with Gasteiger partial charge in [-0.15, -0.1) is 11.3 Å². The van der Waals surface area contributed by atoms with E-state index in [1.54, 1.807) is 15.9 Å². The summed E-state index contributed by atoms with van der Waals surface area (Å²) in [6.45, 7) is 8.70. The van der Waals surface area contributed by atoms with Crippen LogP contribution in [0.2, 0.25) is 0 Å². The second kappa shape index (κ2) is 8.92. The highest BCUT2D eigenvalue weighted by Gasteiger charge is 2.18. The molecule has 0 radical (unpaired) electrons. The van der Waals surface area contributed by atoms with Crippen LogP contribution in [0.15, 0.2) is 34.2 Å². The van der Waals surface area contributed by atoms with Crippen molar-refractivity contribution < 1.29 is 4.79 Å². The minimum atomic E-state index is -0.0532. The van der Waals surface area contributed by atoms with Crippen molar-refractivity contribution in [3.63, 3.8) is 0 Å². The van der Waals surface area contributed by atoms with Crippen molar-refractivity contribution in [1.29, 1.82) is 0 Å². The first-order valence-corrected chi connectivity index (χ1v) is 11.2. The lowest BCUT2D eigenvalue weighted by Crippen LogP contribution is -2.25. The van der Waals surface area contributed by atoms with E-state index in [2.05, 4.69) is 36.5 Å². The molecule has 0 aliphatic heterocycles. The smallest absolute Gasteiger partial charge is 0.263 e. The zero-order valence-corrected chi connectivity index (χ0v) is 18.3. The zero-order chi connectivity index (χ0) is 20.3. The number of thioether (sulfide) groups is 1. The van der Waals surface area contributed by atoms with E-state index in [1.807, 2.05) is 13.8 Å². The van der Waals surface area contributed by atoms with Gasteiger partial charge in [0.1, 0.15) is 4.83 Å². The number of thiophene rings is 1. The molecule has 0 saturated heterocycles. The third-order valence-corrected chi connectivity index (χ3v) is 6.91. The van der Waals surface area contributed by atoms with Gasteiger partial charge in [0.15, 0.2) is 5.16 Å². The standard InChI is InChI=1S/C21H25N3O2S2/c1-5-17-14(3)18-19(28-17)23-21(27-11-10-22-15(4)25)24(20(18)26)12-16-8-6-13(2)7-9-16/h6-9H,5,10-12H2,1-4H3,(H,22,25). The number of fused-ring (bicyclic) bond motifs is 1. The van der Waals surface area contributed by atoms with Gasteiger partial charge in [0.25, 0.3) is 5.56 Å². The molecular weight excluding hydrogens is 390 g/mol. The lowest BCUT2D eigenvalue weighted by atomic mass is 10.1. The van der Waals surface area contributed by atoms with E-state index in [9.17, 15) is 9.59 Å². The average molecular weight is 416 g/mol. The number of aromatic nitrogens is 2. The Labute approximate surface area is 173 Å². The Bertz CT molecular complexity index is 1050. The number of rotatable bonds is 7. The van der Waals surface area contributed by atoms with Gasteiger partial charge in [0, 0.05) is 24.1 Å². The maximum atomic E-state index is 13.4. The highest BCUT2D eigenvalue weighted by Crippen LogP contribution is 2.29. The molecule has 1 amide bonds. The second-order valence-corrected chi connectivity index (χ2v) is 8.93. The van der Waals surface area contributed by atoms with Crippen LogP contribution in [0, 0.1) is 13.8 Å². The molecule has 0 saturated carbocycles. The van der Waals surface area contributed by atoms with E-state index in [-0.39, 0.29) is 11.5 Å². The monoisotopic (exact) mass is 415 g/mol. The third kappa shape index (κ3) is 4.47. The van der Waals surface area contributed by atoms with Gasteiger partial charge in [-0.2, -0.15) is 0 Å². The van der Waals surface area contributed by atoms with Gasteiger partial charge in [0.05, 0.1) is 11.9 Å². The summed E-state index contributed by atoms with van der Waals surface area (Å²) in [7, 11) is 0. The summed E-state index contributed by atoms with van der Waals surface area (Å²) in [6.07, 6.45) is 0.898. The van der Waals surface area contributed by atoms with Crippen LogP contribution in [0.25, 0.3) is 10.2 Å². The maximum absolute atomic E-state index is 13.4. The molecule has 7 heteroatoms. The number of carbonyl (C=O) groups is 1. The minimum absolute atomic E-state index is 0.0149. The molecule has 0 spiro atoms. The van der Waals surface area contributed by atoms with Gasteiger partial charge in [0.2, 0.25) is 5.91 Å². The highest BCUT2D eigenvalue weighted by atomic mass is 32.2. The van der Waals surface area contributed by atoms with E-state index < -0.39 is 0 Å². The molecule has 3 aromatic rings. The SMILES string of the molecule is CCc1sc2nc(SCCNC(C)=O)n(Cc3ccc(C)cc3)c(=O)c2c1C. The van der Waals surface area contributed by atoms with Crippen LogP contribution in [-0.2, 0) is 17.8 Å². The Hall–Kier alpha value is -2.12. The van der Waals surface area contributed by atoms with Crippen LogP contribution in [-0.4, -0.2) is 27.8 Å². The van der Waals surface area contributed by atoms with Gasteiger partial charge in [-0.1, -0.05) is 48.5 Å². The predicted molar refractivity (Wildman–Crippen MR) is 118 cm³/mol. The summed E-state index contributed by atoms with van der Waals surface area (Å²) in [5.74, 6) is 0.610. The Morgan fingerprint density at radius 1 is 1.25 bits per heavy atom. The summed E-state index contributed by atoms with van der Waals surface area (Å²) in [6, 6.07) is 8.22. The fourth-order valence-electron chi connectivity index (χ4n) is 3.08. The fourth-order valence-corrected chi connectivity index (χ4v) is 5.09. The van der Waals surface area contributed by atoms with Gasteiger partial charge in [-0.05, 0) is 31.4 Å². The number of aryl methyl sites for hydroxylation is 3. The summed E-state index contributed by atoms with van der Waals surface area (Å²) < 4.78 is 1.77.